The summed E-state index contributed by atoms with van der Waals surface area (Å²) in [6.07, 6.45) is 0.295. The van der Waals surface area contributed by atoms with Crippen LogP contribution in [-0.2, 0) is 9.16 Å². The lowest BCUT2D eigenvalue weighted by molar-refractivity contribution is 0.0164. The standard InChI is InChI=1S/C19H39NO4Si/c1-13(2)25(14(3)4,15(5)6)24-17-10-16(12-21)20(11-17)18(22)23-19(7,8)9/h13-17,21H,10-12H2,1-9H3/t16-,17-/m0/s1. The van der Waals surface area contributed by atoms with Gasteiger partial charge >= 0.3 is 6.09 Å². The molecule has 0 aromatic rings. The molecule has 0 bridgehead atoms. The van der Waals surface area contributed by atoms with Crippen LogP contribution in [0.15, 0.2) is 0 Å². The zero-order valence-electron chi connectivity index (χ0n) is 17.6. The predicted molar refractivity (Wildman–Crippen MR) is 104 cm³/mol. The average molecular weight is 374 g/mol. The Kier molecular flexibility index (Phi) is 7.54. The van der Waals surface area contributed by atoms with Gasteiger partial charge in [0.1, 0.15) is 5.60 Å². The van der Waals surface area contributed by atoms with Crippen LogP contribution in [0.3, 0.4) is 0 Å². The van der Waals surface area contributed by atoms with Crippen LogP contribution >= 0.6 is 0 Å². The molecule has 1 saturated heterocycles. The minimum atomic E-state index is -2.01. The van der Waals surface area contributed by atoms with Gasteiger partial charge in [0.2, 0.25) is 8.32 Å². The summed E-state index contributed by atoms with van der Waals surface area (Å²) in [7, 11) is -2.01. The molecular weight excluding hydrogens is 334 g/mol. The highest BCUT2D eigenvalue weighted by Gasteiger charge is 2.49. The zero-order chi connectivity index (χ0) is 19.6. The van der Waals surface area contributed by atoms with Crippen LogP contribution < -0.4 is 0 Å². The van der Waals surface area contributed by atoms with Crippen molar-refractivity contribution in [2.45, 2.75) is 103 Å². The molecule has 0 spiro atoms. The van der Waals surface area contributed by atoms with Gasteiger partial charge in [0.15, 0.2) is 0 Å². The fraction of sp³-hybridized carbons (Fsp3) is 0.947. The highest BCUT2D eigenvalue weighted by molar-refractivity contribution is 6.77. The van der Waals surface area contributed by atoms with E-state index in [4.69, 9.17) is 9.16 Å². The van der Waals surface area contributed by atoms with Crippen molar-refractivity contribution in [2.24, 2.45) is 0 Å². The van der Waals surface area contributed by atoms with E-state index in [-0.39, 0.29) is 24.8 Å². The van der Waals surface area contributed by atoms with Crippen molar-refractivity contribution in [3.63, 3.8) is 0 Å². The lowest BCUT2D eigenvalue weighted by Crippen LogP contribution is -2.50. The predicted octanol–water partition coefficient (Wildman–Crippen LogP) is 4.55. The van der Waals surface area contributed by atoms with Crippen molar-refractivity contribution < 1.29 is 19.1 Å². The second-order valence-corrected chi connectivity index (χ2v) is 14.7. The third-order valence-corrected chi connectivity index (χ3v) is 11.4. The van der Waals surface area contributed by atoms with E-state index in [1.54, 1.807) is 4.90 Å². The van der Waals surface area contributed by atoms with E-state index >= 15 is 0 Å². The Morgan fingerprint density at radius 3 is 1.96 bits per heavy atom. The number of amides is 1. The molecule has 0 saturated carbocycles. The summed E-state index contributed by atoms with van der Waals surface area (Å²) in [5.74, 6) is 0. The summed E-state index contributed by atoms with van der Waals surface area (Å²) in [6, 6.07) is -0.224. The smallest absolute Gasteiger partial charge is 0.410 e. The van der Waals surface area contributed by atoms with Crippen LogP contribution in [-0.4, -0.2) is 55.3 Å². The van der Waals surface area contributed by atoms with Crippen LogP contribution in [0.4, 0.5) is 4.79 Å². The second-order valence-electron chi connectivity index (χ2n) is 9.26. The topological polar surface area (TPSA) is 59.0 Å². The Morgan fingerprint density at radius 2 is 1.60 bits per heavy atom. The molecule has 0 unspecified atom stereocenters. The number of likely N-dealkylation sites (tertiary alicyclic amines) is 1. The maximum Gasteiger partial charge on any atom is 0.410 e. The van der Waals surface area contributed by atoms with Crippen molar-refractivity contribution in [3.05, 3.63) is 0 Å². The summed E-state index contributed by atoms with van der Waals surface area (Å²) < 4.78 is 12.3. The van der Waals surface area contributed by atoms with Crippen molar-refractivity contribution >= 4 is 14.4 Å². The molecule has 1 rings (SSSR count). The molecule has 0 aromatic heterocycles. The number of carbonyl (C=O) groups excluding carboxylic acids is 1. The number of rotatable bonds is 6. The largest absolute Gasteiger partial charge is 0.444 e. The van der Waals surface area contributed by atoms with Crippen molar-refractivity contribution in [1.29, 1.82) is 0 Å². The molecule has 5 nitrogen and oxygen atoms in total. The van der Waals surface area contributed by atoms with Gasteiger partial charge in [-0.3, -0.25) is 0 Å². The van der Waals surface area contributed by atoms with Gasteiger partial charge in [0.25, 0.3) is 0 Å². The van der Waals surface area contributed by atoms with Crippen LogP contribution in [0.1, 0.15) is 68.7 Å². The van der Waals surface area contributed by atoms with E-state index in [1.807, 2.05) is 20.8 Å². The molecule has 1 fully saturated rings. The number of hydrogen-bond donors (Lipinski definition) is 1. The molecule has 6 heteroatoms. The Bertz CT molecular complexity index is 423. The lowest BCUT2D eigenvalue weighted by Gasteiger charge is -2.44. The minimum Gasteiger partial charge on any atom is -0.444 e. The molecule has 1 aliphatic rings. The van der Waals surface area contributed by atoms with Gasteiger partial charge in [0.05, 0.1) is 18.8 Å². The third-order valence-electron chi connectivity index (χ3n) is 5.29. The highest BCUT2D eigenvalue weighted by atomic mass is 28.4. The monoisotopic (exact) mass is 373 g/mol. The maximum absolute atomic E-state index is 12.5. The number of carbonyl (C=O) groups is 1. The Hall–Kier alpha value is -0.593. The highest BCUT2D eigenvalue weighted by Crippen LogP contribution is 2.44. The van der Waals surface area contributed by atoms with E-state index in [0.717, 1.165) is 0 Å². The maximum atomic E-state index is 12.5. The van der Waals surface area contributed by atoms with Crippen molar-refractivity contribution in [2.75, 3.05) is 13.2 Å². The average Bonchev–Trinajstić information content (AvgIpc) is 2.84. The SMILES string of the molecule is CC(C)[Si](O[C@H]1C[C@@H](CO)N(C(=O)OC(C)(C)C)C1)(C(C)C)C(C)C. The molecule has 1 heterocycles. The van der Waals surface area contributed by atoms with E-state index in [1.165, 1.54) is 0 Å². The number of hydrogen-bond acceptors (Lipinski definition) is 4. The van der Waals surface area contributed by atoms with Gasteiger partial charge in [-0.2, -0.15) is 0 Å². The molecule has 25 heavy (non-hydrogen) atoms. The first-order valence-electron chi connectivity index (χ1n) is 9.63. The Labute approximate surface area is 155 Å². The van der Waals surface area contributed by atoms with Gasteiger partial charge in [-0.05, 0) is 43.8 Å². The van der Waals surface area contributed by atoms with Crippen LogP contribution in [0, 0.1) is 0 Å². The number of aliphatic hydroxyl groups excluding tert-OH is 1. The van der Waals surface area contributed by atoms with Crippen LogP contribution in [0.2, 0.25) is 16.6 Å². The summed E-state index contributed by atoms with van der Waals surface area (Å²) >= 11 is 0. The van der Waals surface area contributed by atoms with E-state index in [0.29, 0.717) is 29.6 Å². The number of nitrogens with zero attached hydrogens (tertiary/aromatic N) is 1. The van der Waals surface area contributed by atoms with Gasteiger partial charge in [-0.1, -0.05) is 41.5 Å². The zero-order valence-corrected chi connectivity index (χ0v) is 18.6. The summed E-state index contributed by atoms with van der Waals surface area (Å²) in [4.78, 5) is 14.1. The first-order valence-corrected chi connectivity index (χ1v) is 11.8. The molecule has 1 aliphatic heterocycles. The minimum absolute atomic E-state index is 0.0245. The van der Waals surface area contributed by atoms with E-state index in [9.17, 15) is 9.90 Å². The lowest BCUT2D eigenvalue weighted by atomic mass is 10.2. The van der Waals surface area contributed by atoms with Crippen LogP contribution in [0.5, 0.6) is 0 Å². The normalized spacial score (nSPS) is 22.4. The first-order chi connectivity index (χ1) is 11.3. The molecule has 0 radical (unpaired) electrons. The Balaban J connectivity index is 2.95. The molecular formula is C19H39NO4Si. The van der Waals surface area contributed by atoms with Crippen molar-refractivity contribution in [1.82, 2.24) is 4.90 Å². The molecule has 0 aliphatic carbocycles. The molecule has 0 aromatic carbocycles. The summed E-state index contributed by atoms with van der Waals surface area (Å²) in [5, 5.41) is 9.73. The van der Waals surface area contributed by atoms with Crippen molar-refractivity contribution in [3.8, 4) is 0 Å². The van der Waals surface area contributed by atoms with Gasteiger partial charge in [0, 0.05) is 6.54 Å². The van der Waals surface area contributed by atoms with E-state index < -0.39 is 13.9 Å². The quantitative estimate of drug-likeness (QED) is 0.694. The molecule has 148 valence electrons. The second kappa shape index (κ2) is 8.40. The first kappa shape index (κ1) is 22.4. The summed E-state index contributed by atoms with van der Waals surface area (Å²) in [6.45, 7) is 19.6. The number of aliphatic hydroxyl groups is 1. The summed E-state index contributed by atoms with van der Waals surface area (Å²) in [5.41, 5.74) is 0.949. The Morgan fingerprint density at radius 1 is 1.12 bits per heavy atom. The van der Waals surface area contributed by atoms with E-state index in [2.05, 4.69) is 41.5 Å². The molecule has 2 atom stereocenters. The number of ether oxygens (including phenoxy) is 1. The fourth-order valence-corrected chi connectivity index (χ4v) is 9.94. The molecule has 1 N–H and O–H groups in total. The van der Waals surface area contributed by atoms with Gasteiger partial charge < -0.3 is 19.2 Å². The van der Waals surface area contributed by atoms with Crippen LogP contribution in [0.25, 0.3) is 0 Å². The van der Waals surface area contributed by atoms with Gasteiger partial charge in [-0.15, -0.1) is 0 Å². The fourth-order valence-electron chi connectivity index (χ4n) is 4.37. The van der Waals surface area contributed by atoms with Gasteiger partial charge in [-0.25, -0.2) is 4.79 Å². The molecule has 1 amide bonds. The third kappa shape index (κ3) is 5.20.